The number of hydrogen-bond donors (Lipinski definition) is 0. The Hall–Kier alpha value is -2.90. The normalized spacial score (nSPS) is 16.5. The van der Waals surface area contributed by atoms with E-state index in [1.165, 1.54) is 0 Å². The third kappa shape index (κ3) is 4.16. The first-order valence-corrected chi connectivity index (χ1v) is 9.26. The third-order valence-corrected chi connectivity index (χ3v) is 5.04. The number of cyclic esters (lactones) is 1. The minimum Gasteiger partial charge on any atom is -0.496 e. The number of amides is 2. The van der Waals surface area contributed by atoms with E-state index in [0.29, 0.717) is 62.9 Å². The minimum atomic E-state index is -0.340. The molecule has 0 atom stereocenters. The molecule has 0 aromatic heterocycles. The highest BCUT2D eigenvalue weighted by atomic mass is 16.6. The second-order valence-corrected chi connectivity index (χ2v) is 6.58. The van der Waals surface area contributed by atoms with Gasteiger partial charge in [0.25, 0.3) is 0 Å². The van der Waals surface area contributed by atoms with Gasteiger partial charge in [-0.25, -0.2) is 4.79 Å². The van der Waals surface area contributed by atoms with Crippen LogP contribution in [0.1, 0.15) is 18.4 Å². The van der Waals surface area contributed by atoms with Gasteiger partial charge in [0.15, 0.2) is 0 Å². The van der Waals surface area contributed by atoms with Gasteiger partial charge in [-0.15, -0.1) is 0 Å². The molecule has 2 heterocycles. The Morgan fingerprint density at radius 3 is 2.32 bits per heavy atom. The van der Waals surface area contributed by atoms with Gasteiger partial charge in [0.1, 0.15) is 23.9 Å². The molecule has 0 saturated carbocycles. The number of methoxy groups -OCH3 is 3. The molecule has 3 rings (SSSR count). The number of rotatable bonds is 7. The van der Waals surface area contributed by atoms with Crippen molar-refractivity contribution in [1.29, 1.82) is 0 Å². The molecular formula is C20H26N2O6. The van der Waals surface area contributed by atoms with Crippen LogP contribution in [-0.4, -0.2) is 75.9 Å². The number of hydrogen-bond acceptors (Lipinski definition) is 6. The van der Waals surface area contributed by atoms with E-state index in [4.69, 9.17) is 18.9 Å². The molecule has 1 aromatic rings. The van der Waals surface area contributed by atoms with Crippen LogP contribution in [0.4, 0.5) is 4.79 Å². The van der Waals surface area contributed by atoms with E-state index in [1.807, 2.05) is 18.2 Å². The molecule has 0 N–H and O–H groups in total. The summed E-state index contributed by atoms with van der Waals surface area (Å²) >= 11 is 0. The van der Waals surface area contributed by atoms with Crippen molar-refractivity contribution in [2.45, 2.75) is 12.8 Å². The Bertz CT molecular complexity index is 751. The Balaban J connectivity index is 1.68. The lowest BCUT2D eigenvalue weighted by Crippen LogP contribution is -2.37. The molecule has 2 aliphatic rings. The van der Waals surface area contributed by atoms with Crippen LogP contribution in [0.3, 0.4) is 0 Å². The van der Waals surface area contributed by atoms with Crippen molar-refractivity contribution in [3.8, 4) is 17.2 Å². The maximum Gasteiger partial charge on any atom is 0.409 e. The maximum absolute atomic E-state index is 12.5. The fourth-order valence-corrected chi connectivity index (χ4v) is 3.46. The zero-order valence-corrected chi connectivity index (χ0v) is 16.5. The first-order chi connectivity index (χ1) is 13.6. The van der Waals surface area contributed by atoms with E-state index in [-0.39, 0.29) is 12.0 Å². The van der Waals surface area contributed by atoms with Crippen LogP contribution in [-0.2, 0) is 9.53 Å². The van der Waals surface area contributed by atoms with Crippen LogP contribution >= 0.6 is 0 Å². The maximum atomic E-state index is 12.5. The van der Waals surface area contributed by atoms with Crippen molar-refractivity contribution in [2.75, 3.05) is 54.1 Å². The van der Waals surface area contributed by atoms with Crippen molar-refractivity contribution < 1.29 is 28.5 Å². The topological polar surface area (TPSA) is 77.5 Å². The SMILES string of the molecule is COc1cc(OC)c(C2=CCN(C(=O)CCN3CCOC3=O)CC2)c(OC)c1. The first kappa shape index (κ1) is 19.9. The molecular weight excluding hydrogens is 364 g/mol. The average molecular weight is 390 g/mol. The summed E-state index contributed by atoms with van der Waals surface area (Å²) in [6.45, 7) is 2.46. The first-order valence-electron chi connectivity index (χ1n) is 9.26. The minimum absolute atomic E-state index is 0.0312. The zero-order chi connectivity index (χ0) is 20.1. The smallest absolute Gasteiger partial charge is 0.409 e. The van der Waals surface area contributed by atoms with E-state index < -0.39 is 0 Å². The van der Waals surface area contributed by atoms with Gasteiger partial charge in [0, 0.05) is 38.2 Å². The summed E-state index contributed by atoms with van der Waals surface area (Å²) in [5, 5.41) is 0. The van der Waals surface area contributed by atoms with Gasteiger partial charge in [0.2, 0.25) is 5.91 Å². The van der Waals surface area contributed by atoms with Crippen LogP contribution < -0.4 is 14.2 Å². The molecule has 1 aromatic carbocycles. The van der Waals surface area contributed by atoms with Crippen molar-refractivity contribution in [3.05, 3.63) is 23.8 Å². The second kappa shape index (κ2) is 8.86. The number of nitrogens with zero attached hydrogens (tertiary/aromatic N) is 2. The Morgan fingerprint density at radius 2 is 1.82 bits per heavy atom. The van der Waals surface area contributed by atoms with E-state index in [0.717, 1.165) is 11.1 Å². The number of benzene rings is 1. The summed E-state index contributed by atoms with van der Waals surface area (Å²) in [6, 6.07) is 3.65. The van der Waals surface area contributed by atoms with Crippen molar-refractivity contribution >= 4 is 17.6 Å². The number of carbonyl (C=O) groups is 2. The number of carbonyl (C=O) groups excluding carboxylic acids is 2. The summed E-state index contributed by atoms with van der Waals surface area (Å²) < 4.78 is 21.2. The molecule has 0 unspecified atom stereocenters. The van der Waals surface area contributed by atoms with Gasteiger partial charge in [0.05, 0.1) is 33.4 Å². The molecule has 0 radical (unpaired) electrons. The van der Waals surface area contributed by atoms with Gasteiger partial charge in [-0.3, -0.25) is 4.79 Å². The van der Waals surface area contributed by atoms with E-state index in [2.05, 4.69) is 0 Å². The molecule has 1 saturated heterocycles. The van der Waals surface area contributed by atoms with Gasteiger partial charge in [-0.05, 0) is 12.0 Å². The summed E-state index contributed by atoms with van der Waals surface area (Å²) in [5.74, 6) is 2.04. The molecule has 28 heavy (non-hydrogen) atoms. The van der Waals surface area contributed by atoms with E-state index in [9.17, 15) is 9.59 Å². The lowest BCUT2D eigenvalue weighted by atomic mass is 9.97. The standard InChI is InChI=1S/C20H26N2O6/c1-25-15-12-16(26-2)19(17(13-15)27-3)14-4-7-21(8-5-14)18(23)6-9-22-10-11-28-20(22)24/h4,12-13H,5-11H2,1-3H3. The summed E-state index contributed by atoms with van der Waals surface area (Å²) in [6.07, 6.45) is 2.68. The highest BCUT2D eigenvalue weighted by Gasteiger charge is 2.25. The molecule has 2 amide bonds. The zero-order valence-electron chi connectivity index (χ0n) is 16.5. The Kier molecular flexibility index (Phi) is 6.28. The second-order valence-electron chi connectivity index (χ2n) is 6.58. The number of ether oxygens (including phenoxy) is 4. The largest absolute Gasteiger partial charge is 0.496 e. The van der Waals surface area contributed by atoms with Gasteiger partial charge in [-0.1, -0.05) is 6.08 Å². The molecule has 0 aliphatic carbocycles. The molecule has 0 bridgehead atoms. The lowest BCUT2D eigenvalue weighted by Gasteiger charge is -2.28. The monoisotopic (exact) mass is 390 g/mol. The molecule has 8 heteroatoms. The van der Waals surface area contributed by atoms with Crippen LogP contribution in [0, 0.1) is 0 Å². The molecule has 8 nitrogen and oxygen atoms in total. The predicted molar refractivity (Wildman–Crippen MR) is 103 cm³/mol. The highest BCUT2D eigenvalue weighted by molar-refractivity contribution is 5.81. The molecule has 0 spiro atoms. The Morgan fingerprint density at radius 1 is 1.11 bits per heavy atom. The summed E-state index contributed by atoms with van der Waals surface area (Å²) in [4.78, 5) is 27.3. The van der Waals surface area contributed by atoms with E-state index in [1.54, 1.807) is 31.1 Å². The Labute approximate surface area is 164 Å². The van der Waals surface area contributed by atoms with Crippen LogP contribution in [0.25, 0.3) is 5.57 Å². The average Bonchev–Trinajstić information content (AvgIpc) is 3.15. The fraction of sp³-hybridized carbons (Fsp3) is 0.500. The summed E-state index contributed by atoms with van der Waals surface area (Å²) in [5.41, 5.74) is 1.96. The molecule has 1 fully saturated rings. The van der Waals surface area contributed by atoms with E-state index >= 15 is 0 Å². The predicted octanol–water partition coefficient (Wildman–Crippen LogP) is 2.17. The fourth-order valence-electron chi connectivity index (χ4n) is 3.46. The van der Waals surface area contributed by atoms with Gasteiger partial charge in [-0.2, -0.15) is 0 Å². The quantitative estimate of drug-likeness (QED) is 0.710. The van der Waals surface area contributed by atoms with Crippen LogP contribution in [0.2, 0.25) is 0 Å². The van der Waals surface area contributed by atoms with Gasteiger partial charge >= 0.3 is 6.09 Å². The van der Waals surface area contributed by atoms with Crippen LogP contribution in [0.5, 0.6) is 17.2 Å². The lowest BCUT2D eigenvalue weighted by molar-refractivity contribution is -0.130. The third-order valence-electron chi connectivity index (χ3n) is 5.04. The van der Waals surface area contributed by atoms with Crippen molar-refractivity contribution in [3.63, 3.8) is 0 Å². The molecule has 152 valence electrons. The highest BCUT2D eigenvalue weighted by Crippen LogP contribution is 2.40. The van der Waals surface area contributed by atoms with Gasteiger partial charge < -0.3 is 28.7 Å². The molecule has 2 aliphatic heterocycles. The van der Waals surface area contributed by atoms with Crippen molar-refractivity contribution in [2.24, 2.45) is 0 Å². The van der Waals surface area contributed by atoms with Crippen LogP contribution in [0.15, 0.2) is 18.2 Å². The summed E-state index contributed by atoms with van der Waals surface area (Å²) in [7, 11) is 4.82. The van der Waals surface area contributed by atoms with Crippen molar-refractivity contribution in [1.82, 2.24) is 9.80 Å².